The number of benzene rings is 1. The van der Waals surface area contributed by atoms with Gasteiger partial charge in [-0.1, -0.05) is 41.9 Å². The van der Waals surface area contributed by atoms with Crippen molar-refractivity contribution in [2.45, 2.75) is 10.8 Å². The van der Waals surface area contributed by atoms with Gasteiger partial charge in [0.2, 0.25) is 5.96 Å². The summed E-state index contributed by atoms with van der Waals surface area (Å²) in [6.07, 6.45) is 0. The number of thiophene rings is 1. The van der Waals surface area contributed by atoms with Gasteiger partial charge in [-0.05, 0) is 11.6 Å². The van der Waals surface area contributed by atoms with E-state index in [-0.39, 0.29) is 0 Å². The summed E-state index contributed by atoms with van der Waals surface area (Å²) in [5.41, 5.74) is 2.22. The molecular formula is C12H10ClN3S2. The lowest BCUT2D eigenvalue weighted by Crippen LogP contribution is -2.28. The molecule has 2 heterocycles. The summed E-state index contributed by atoms with van der Waals surface area (Å²) < 4.78 is 5.09. The van der Waals surface area contributed by atoms with Gasteiger partial charge in [0.1, 0.15) is 4.21 Å². The lowest BCUT2D eigenvalue weighted by Gasteiger charge is -2.16. The van der Waals surface area contributed by atoms with E-state index in [0.29, 0.717) is 6.54 Å². The fraction of sp³-hybridized carbons (Fsp3) is 0.0833. The van der Waals surface area contributed by atoms with Crippen LogP contribution in [0.1, 0.15) is 5.56 Å². The van der Waals surface area contributed by atoms with Gasteiger partial charge in [-0.2, -0.15) is 0 Å². The van der Waals surface area contributed by atoms with Gasteiger partial charge in [0.05, 0.1) is 16.6 Å². The highest BCUT2D eigenvalue weighted by molar-refractivity contribution is 8.00. The van der Waals surface area contributed by atoms with Crippen molar-refractivity contribution < 1.29 is 0 Å². The van der Waals surface area contributed by atoms with E-state index in [4.69, 9.17) is 11.6 Å². The highest BCUT2D eigenvalue weighted by atomic mass is 35.5. The minimum Gasteiger partial charge on any atom is -0.324 e. The zero-order valence-electron chi connectivity index (χ0n) is 9.31. The fourth-order valence-electron chi connectivity index (χ4n) is 1.58. The monoisotopic (exact) mass is 295 g/mol. The molecule has 1 aliphatic heterocycles. The van der Waals surface area contributed by atoms with Crippen LogP contribution < -0.4 is 10.0 Å². The minimum absolute atomic E-state index is 0.657. The number of fused-ring (bicyclic) bond motifs is 1. The number of hydrogen-bond acceptors (Lipinski definition) is 3. The SMILES string of the molecule is Clc1cc2c(s1)SNC(=NCc1ccccc1)N2. The fourth-order valence-corrected chi connectivity index (χ4v) is 3.72. The number of halogens is 1. The van der Waals surface area contributed by atoms with Crippen LogP contribution in [-0.2, 0) is 6.54 Å². The van der Waals surface area contributed by atoms with E-state index in [0.717, 1.165) is 20.2 Å². The molecule has 0 saturated heterocycles. The predicted molar refractivity (Wildman–Crippen MR) is 79.5 cm³/mol. The Hall–Kier alpha value is -1.17. The molecule has 1 aromatic heterocycles. The normalized spacial score (nSPS) is 15.9. The third kappa shape index (κ3) is 2.63. The number of hydrogen-bond donors (Lipinski definition) is 2. The van der Waals surface area contributed by atoms with Gasteiger partial charge in [0, 0.05) is 11.9 Å². The third-order valence-electron chi connectivity index (χ3n) is 2.42. The van der Waals surface area contributed by atoms with Crippen LogP contribution in [0.4, 0.5) is 5.69 Å². The largest absolute Gasteiger partial charge is 0.324 e. The van der Waals surface area contributed by atoms with E-state index in [1.54, 1.807) is 23.3 Å². The first-order valence-corrected chi connectivity index (χ1v) is 7.40. The molecule has 0 radical (unpaired) electrons. The quantitative estimate of drug-likeness (QED) is 0.823. The van der Waals surface area contributed by atoms with Gasteiger partial charge in [0.25, 0.3) is 0 Å². The van der Waals surface area contributed by atoms with E-state index in [2.05, 4.69) is 27.2 Å². The van der Waals surface area contributed by atoms with Crippen LogP contribution in [0.3, 0.4) is 0 Å². The second kappa shape index (κ2) is 5.22. The minimum atomic E-state index is 0.657. The van der Waals surface area contributed by atoms with Crippen molar-refractivity contribution in [3.8, 4) is 0 Å². The Bertz CT molecular complexity index is 580. The van der Waals surface area contributed by atoms with Crippen LogP contribution >= 0.6 is 34.9 Å². The van der Waals surface area contributed by atoms with Crippen LogP contribution in [0, 0.1) is 0 Å². The zero-order chi connectivity index (χ0) is 12.4. The summed E-state index contributed by atoms with van der Waals surface area (Å²) in [4.78, 5) is 4.50. The molecule has 0 unspecified atom stereocenters. The van der Waals surface area contributed by atoms with Gasteiger partial charge >= 0.3 is 0 Å². The zero-order valence-corrected chi connectivity index (χ0v) is 11.7. The molecule has 3 rings (SSSR count). The molecule has 92 valence electrons. The summed E-state index contributed by atoms with van der Waals surface area (Å²) >= 11 is 9.07. The molecule has 1 aromatic carbocycles. The maximum atomic E-state index is 5.97. The second-order valence-corrected chi connectivity index (χ2v) is 6.49. The summed E-state index contributed by atoms with van der Waals surface area (Å²) in [6, 6.07) is 12.1. The molecule has 2 N–H and O–H groups in total. The van der Waals surface area contributed by atoms with Crippen molar-refractivity contribution in [1.29, 1.82) is 0 Å². The second-order valence-electron chi connectivity index (χ2n) is 3.73. The number of anilines is 1. The van der Waals surface area contributed by atoms with E-state index < -0.39 is 0 Å². The van der Waals surface area contributed by atoms with Crippen LogP contribution in [-0.4, -0.2) is 5.96 Å². The van der Waals surface area contributed by atoms with Gasteiger partial charge in [-0.25, -0.2) is 4.99 Å². The van der Waals surface area contributed by atoms with Crippen LogP contribution in [0.2, 0.25) is 4.34 Å². The summed E-state index contributed by atoms with van der Waals surface area (Å²) in [7, 11) is 0. The maximum Gasteiger partial charge on any atom is 0.206 e. The Labute approximate surface area is 118 Å². The molecule has 18 heavy (non-hydrogen) atoms. The lowest BCUT2D eigenvalue weighted by atomic mass is 10.2. The highest BCUT2D eigenvalue weighted by Gasteiger charge is 2.16. The van der Waals surface area contributed by atoms with Gasteiger partial charge in [0.15, 0.2) is 0 Å². The Balaban J connectivity index is 1.72. The molecule has 0 aliphatic carbocycles. The van der Waals surface area contributed by atoms with Crippen molar-refractivity contribution in [2.75, 3.05) is 5.32 Å². The number of nitrogens with one attached hydrogen (secondary N) is 2. The van der Waals surface area contributed by atoms with Crippen LogP contribution in [0.25, 0.3) is 0 Å². The van der Waals surface area contributed by atoms with E-state index in [1.165, 1.54) is 5.56 Å². The maximum absolute atomic E-state index is 5.97. The summed E-state index contributed by atoms with van der Waals surface area (Å²) in [5, 5.41) is 3.23. The molecule has 3 nitrogen and oxygen atoms in total. The first-order valence-electron chi connectivity index (χ1n) is 5.39. The molecular weight excluding hydrogens is 286 g/mol. The summed E-state index contributed by atoms with van der Waals surface area (Å²) in [5.74, 6) is 0.769. The van der Waals surface area contributed by atoms with Crippen molar-refractivity contribution in [2.24, 2.45) is 4.99 Å². The Morgan fingerprint density at radius 1 is 1.22 bits per heavy atom. The average Bonchev–Trinajstić information content (AvgIpc) is 2.77. The molecule has 0 spiro atoms. The van der Waals surface area contributed by atoms with Gasteiger partial charge in [-0.15, -0.1) is 11.3 Å². The van der Waals surface area contributed by atoms with E-state index in [9.17, 15) is 0 Å². The smallest absolute Gasteiger partial charge is 0.206 e. The van der Waals surface area contributed by atoms with Crippen molar-refractivity contribution in [3.63, 3.8) is 0 Å². The number of rotatable bonds is 2. The lowest BCUT2D eigenvalue weighted by molar-refractivity contribution is 1.05. The number of guanidine groups is 1. The molecule has 0 amide bonds. The van der Waals surface area contributed by atoms with Crippen molar-refractivity contribution in [1.82, 2.24) is 4.72 Å². The standard InChI is InChI=1S/C12H10ClN3S2/c13-10-6-9-11(17-10)18-16-12(15-9)14-7-8-4-2-1-3-5-8/h1-6H,7H2,(H2,14,15,16). The molecule has 2 aromatic rings. The molecule has 0 fully saturated rings. The first-order chi connectivity index (χ1) is 8.81. The molecule has 0 saturated carbocycles. The first kappa shape index (κ1) is 11.9. The van der Waals surface area contributed by atoms with Gasteiger partial charge in [-0.3, -0.25) is 4.72 Å². The van der Waals surface area contributed by atoms with Crippen molar-refractivity contribution >= 4 is 46.5 Å². The Morgan fingerprint density at radius 2 is 2.06 bits per heavy atom. The highest BCUT2D eigenvalue weighted by Crippen LogP contribution is 2.39. The summed E-state index contributed by atoms with van der Waals surface area (Å²) in [6.45, 7) is 0.657. The van der Waals surface area contributed by atoms with E-state index in [1.807, 2.05) is 24.3 Å². The van der Waals surface area contributed by atoms with Crippen LogP contribution in [0.15, 0.2) is 45.6 Å². The Kier molecular flexibility index (Phi) is 3.45. The van der Waals surface area contributed by atoms with E-state index >= 15 is 0 Å². The predicted octanol–water partition coefficient (Wildman–Crippen LogP) is 3.98. The third-order valence-corrected chi connectivity index (χ3v) is 4.68. The van der Waals surface area contributed by atoms with Gasteiger partial charge < -0.3 is 5.32 Å². The molecule has 0 atom stereocenters. The topological polar surface area (TPSA) is 36.4 Å². The Morgan fingerprint density at radius 3 is 2.89 bits per heavy atom. The number of nitrogens with zero attached hydrogens (tertiary/aromatic N) is 1. The number of aliphatic imine (C=N–C) groups is 1. The van der Waals surface area contributed by atoms with Crippen LogP contribution in [0.5, 0.6) is 0 Å². The van der Waals surface area contributed by atoms with Crippen molar-refractivity contribution in [3.05, 3.63) is 46.3 Å². The molecule has 6 heteroatoms. The average molecular weight is 296 g/mol. The molecule has 1 aliphatic rings. The molecule has 0 bridgehead atoms.